The molecule has 0 aliphatic rings. The van der Waals surface area contributed by atoms with Crippen molar-refractivity contribution in [1.82, 2.24) is 5.32 Å². The van der Waals surface area contributed by atoms with Crippen LogP contribution in [0.5, 0.6) is 0 Å². The highest BCUT2D eigenvalue weighted by Crippen LogP contribution is 2.00. The number of unbranched alkanes of at least 4 members (excludes halogenated alkanes) is 1. The molecule has 0 fully saturated rings. The lowest BCUT2D eigenvalue weighted by Gasteiger charge is -2.16. The fourth-order valence-electron chi connectivity index (χ4n) is 1.24. The number of nitrogens with two attached hydrogens (primary N) is 2. The van der Waals surface area contributed by atoms with Crippen molar-refractivity contribution >= 4 is 17.8 Å². The first-order valence-electron chi connectivity index (χ1n) is 5.45. The fourth-order valence-corrected chi connectivity index (χ4v) is 1.24. The molecule has 2 atom stereocenters. The van der Waals surface area contributed by atoms with Crippen molar-refractivity contribution in [2.24, 2.45) is 11.5 Å². The van der Waals surface area contributed by atoms with E-state index in [2.05, 4.69) is 5.32 Å². The summed E-state index contributed by atoms with van der Waals surface area (Å²) in [6.45, 7) is 1.96. The van der Waals surface area contributed by atoms with Crippen LogP contribution in [0.2, 0.25) is 0 Å². The van der Waals surface area contributed by atoms with Crippen LogP contribution in [0.25, 0.3) is 0 Å². The third kappa shape index (κ3) is 6.52. The van der Waals surface area contributed by atoms with Gasteiger partial charge in [0.2, 0.25) is 11.8 Å². The second-order valence-corrected chi connectivity index (χ2v) is 3.82. The highest BCUT2D eigenvalue weighted by Gasteiger charge is 2.24. The van der Waals surface area contributed by atoms with Crippen LogP contribution in [-0.2, 0) is 14.4 Å². The van der Waals surface area contributed by atoms with Gasteiger partial charge in [-0.25, -0.2) is 4.79 Å². The average molecular weight is 245 g/mol. The smallest absolute Gasteiger partial charge is 0.326 e. The number of primary amides is 1. The van der Waals surface area contributed by atoms with Crippen LogP contribution < -0.4 is 16.8 Å². The van der Waals surface area contributed by atoms with Gasteiger partial charge in [-0.1, -0.05) is 19.8 Å². The molecule has 0 saturated carbocycles. The summed E-state index contributed by atoms with van der Waals surface area (Å²) in [5.41, 5.74) is 10.4. The van der Waals surface area contributed by atoms with Gasteiger partial charge in [0.25, 0.3) is 0 Å². The van der Waals surface area contributed by atoms with E-state index in [-0.39, 0.29) is 0 Å². The number of nitrogens with one attached hydrogen (secondary N) is 1. The summed E-state index contributed by atoms with van der Waals surface area (Å²) in [7, 11) is 0. The Labute approximate surface area is 99.5 Å². The highest BCUT2D eigenvalue weighted by atomic mass is 16.4. The lowest BCUT2D eigenvalue weighted by atomic mass is 10.1. The number of carbonyl (C=O) groups excluding carboxylic acids is 2. The van der Waals surface area contributed by atoms with E-state index in [1.165, 1.54) is 0 Å². The third-order valence-corrected chi connectivity index (χ3v) is 2.23. The monoisotopic (exact) mass is 245 g/mol. The zero-order valence-corrected chi connectivity index (χ0v) is 9.81. The van der Waals surface area contributed by atoms with Gasteiger partial charge in [-0.05, 0) is 6.42 Å². The van der Waals surface area contributed by atoms with Crippen LogP contribution in [0.1, 0.15) is 32.6 Å². The number of amides is 2. The number of hydrogen-bond donors (Lipinski definition) is 4. The predicted octanol–water partition coefficient (Wildman–Crippen LogP) is -1.05. The molecule has 7 nitrogen and oxygen atoms in total. The Morgan fingerprint density at radius 3 is 2.35 bits per heavy atom. The van der Waals surface area contributed by atoms with Crippen molar-refractivity contribution < 1.29 is 19.5 Å². The van der Waals surface area contributed by atoms with E-state index in [1.807, 2.05) is 6.92 Å². The standard InChI is InChI=1S/C10H19N3O4/c1-2-3-4-6(11)9(15)13-7(10(16)17)5-8(12)14/h6-7H,2-5,11H2,1H3,(H2,12,14)(H,13,15)(H,16,17)/t6-,7?/m0/s1. The molecule has 0 radical (unpaired) electrons. The van der Waals surface area contributed by atoms with Crippen LogP contribution in [0.4, 0.5) is 0 Å². The van der Waals surface area contributed by atoms with Crippen molar-refractivity contribution in [2.75, 3.05) is 0 Å². The molecule has 2 amide bonds. The Kier molecular flexibility index (Phi) is 6.88. The third-order valence-electron chi connectivity index (χ3n) is 2.23. The van der Waals surface area contributed by atoms with Gasteiger partial charge in [-0.3, -0.25) is 9.59 Å². The summed E-state index contributed by atoms with van der Waals surface area (Å²) < 4.78 is 0. The summed E-state index contributed by atoms with van der Waals surface area (Å²) in [5.74, 6) is -2.67. The van der Waals surface area contributed by atoms with E-state index >= 15 is 0 Å². The van der Waals surface area contributed by atoms with E-state index < -0.39 is 36.3 Å². The number of carbonyl (C=O) groups is 3. The van der Waals surface area contributed by atoms with Crippen LogP contribution in [0.15, 0.2) is 0 Å². The Bertz CT molecular complexity index is 293. The Morgan fingerprint density at radius 2 is 1.94 bits per heavy atom. The maximum atomic E-state index is 11.5. The van der Waals surface area contributed by atoms with Gasteiger partial charge in [0.1, 0.15) is 6.04 Å². The molecule has 98 valence electrons. The molecular formula is C10H19N3O4. The molecule has 0 spiro atoms. The molecule has 0 bridgehead atoms. The maximum Gasteiger partial charge on any atom is 0.326 e. The van der Waals surface area contributed by atoms with Crippen LogP contribution in [-0.4, -0.2) is 35.0 Å². The molecule has 6 N–H and O–H groups in total. The van der Waals surface area contributed by atoms with Crippen LogP contribution >= 0.6 is 0 Å². The van der Waals surface area contributed by atoms with Crippen molar-refractivity contribution in [3.8, 4) is 0 Å². The van der Waals surface area contributed by atoms with Gasteiger partial charge in [-0.2, -0.15) is 0 Å². The van der Waals surface area contributed by atoms with Crippen LogP contribution in [0.3, 0.4) is 0 Å². The largest absolute Gasteiger partial charge is 0.480 e. The average Bonchev–Trinajstić information content (AvgIpc) is 2.23. The minimum absolute atomic E-state index is 0.443. The maximum absolute atomic E-state index is 11.5. The topological polar surface area (TPSA) is 136 Å². The lowest BCUT2D eigenvalue weighted by Crippen LogP contribution is -2.49. The van der Waals surface area contributed by atoms with E-state index in [9.17, 15) is 14.4 Å². The highest BCUT2D eigenvalue weighted by molar-refractivity contribution is 5.89. The van der Waals surface area contributed by atoms with Crippen molar-refractivity contribution in [3.05, 3.63) is 0 Å². The molecule has 0 aliphatic carbocycles. The fraction of sp³-hybridized carbons (Fsp3) is 0.700. The summed E-state index contributed by atoms with van der Waals surface area (Å²) in [6.07, 6.45) is 1.71. The molecule has 0 heterocycles. The van der Waals surface area contributed by atoms with Gasteiger partial charge >= 0.3 is 5.97 Å². The summed E-state index contributed by atoms with van der Waals surface area (Å²) >= 11 is 0. The Hall–Kier alpha value is -1.63. The normalized spacial score (nSPS) is 13.8. The summed E-state index contributed by atoms with van der Waals surface area (Å²) in [6, 6.07) is -2.07. The van der Waals surface area contributed by atoms with E-state index in [0.717, 1.165) is 12.8 Å². The number of carboxylic acid groups (broad SMARTS) is 1. The van der Waals surface area contributed by atoms with Gasteiger partial charge in [0.15, 0.2) is 0 Å². The summed E-state index contributed by atoms with van der Waals surface area (Å²) in [5, 5.41) is 11.0. The zero-order chi connectivity index (χ0) is 13.4. The van der Waals surface area contributed by atoms with Crippen molar-refractivity contribution in [3.63, 3.8) is 0 Å². The minimum Gasteiger partial charge on any atom is -0.480 e. The minimum atomic E-state index is -1.31. The molecule has 0 aromatic heterocycles. The quantitative estimate of drug-likeness (QED) is 0.432. The summed E-state index contributed by atoms with van der Waals surface area (Å²) in [4.78, 5) is 32.9. The first kappa shape index (κ1) is 15.4. The van der Waals surface area contributed by atoms with Gasteiger partial charge in [0.05, 0.1) is 12.5 Å². The van der Waals surface area contributed by atoms with Gasteiger partial charge < -0.3 is 21.9 Å². The molecule has 0 aliphatic heterocycles. The number of aliphatic carboxylic acids is 1. The number of carboxylic acids is 1. The van der Waals surface area contributed by atoms with Gasteiger partial charge in [0, 0.05) is 0 Å². The number of hydrogen-bond acceptors (Lipinski definition) is 4. The zero-order valence-electron chi connectivity index (χ0n) is 9.81. The second kappa shape index (κ2) is 7.61. The molecule has 0 rings (SSSR count). The molecule has 0 saturated heterocycles. The van der Waals surface area contributed by atoms with E-state index in [4.69, 9.17) is 16.6 Å². The van der Waals surface area contributed by atoms with Crippen molar-refractivity contribution in [1.29, 1.82) is 0 Å². The second-order valence-electron chi connectivity index (χ2n) is 3.82. The number of rotatable bonds is 8. The van der Waals surface area contributed by atoms with Crippen molar-refractivity contribution in [2.45, 2.75) is 44.7 Å². The lowest BCUT2D eigenvalue weighted by molar-refractivity contribution is -0.143. The van der Waals surface area contributed by atoms with Gasteiger partial charge in [-0.15, -0.1) is 0 Å². The molecule has 1 unspecified atom stereocenters. The Morgan fingerprint density at radius 1 is 1.35 bits per heavy atom. The molecular weight excluding hydrogens is 226 g/mol. The first-order valence-corrected chi connectivity index (χ1v) is 5.45. The SMILES string of the molecule is CCCC[C@H](N)C(=O)NC(CC(N)=O)C(=O)O. The predicted molar refractivity (Wildman–Crippen MR) is 60.9 cm³/mol. The molecule has 7 heteroatoms. The Balaban J connectivity index is 4.29. The molecule has 17 heavy (non-hydrogen) atoms. The van der Waals surface area contributed by atoms with E-state index in [1.54, 1.807) is 0 Å². The first-order chi connectivity index (χ1) is 7.88. The van der Waals surface area contributed by atoms with E-state index in [0.29, 0.717) is 6.42 Å². The van der Waals surface area contributed by atoms with Crippen LogP contribution in [0, 0.1) is 0 Å². The molecule has 0 aromatic carbocycles. The molecule has 0 aromatic rings.